The van der Waals surface area contributed by atoms with Gasteiger partial charge < -0.3 is 5.32 Å². The molecule has 1 fully saturated rings. The molecule has 1 N–H and O–H groups in total. The Labute approximate surface area is 101 Å². The zero-order chi connectivity index (χ0) is 11.8. The molecule has 4 heteroatoms. The van der Waals surface area contributed by atoms with Crippen LogP contribution >= 0.6 is 0 Å². The fourth-order valence-corrected chi connectivity index (χ4v) is 2.68. The van der Waals surface area contributed by atoms with Crippen LogP contribution in [0.2, 0.25) is 0 Å². The molecule has 2 aromatic rings. The third kappa shape index (κ3) is 1.82. The van der Waals surface area contributed by atoms with Crippen molar-refractivity contribution in [1.29, 1.82) is 0 Å². The number of nitrogens with one attached hydrogen (secondary N) is 1. The zero-order valence-corrected chi connectivity index (χ0v) is 10.4. The van der Waals surface area contributed by atoms with E-state index in [1.165, 1.54) is 18.7 Å². The van der Waals surface area contributed by atoms with Crippen molar-refractivity contribution >= 4 is 5.52 Å². The summed E-state index contributed by atoms with van der Waals surface area (Å²) in [5, 5.41) is 3.46. The van der Waals surface area contributed by atoms with Gasteiger partial charge in [0.2, 0.25) is 0 Å². The third-order valence-electron chi connectivity index (χ3n) is 3.50. The molecule has 1 aliphatic rings. The van der Waals surface area contributed by atoms with E-state index in [9.17, 15) is 0 Å². The van der Waals surface area contributed by atoms with Crippen molar-refractivity contribution in [2.24, 2.45) is 0 Å². The van der Waals surface area contributed by atoms with Crippen molar-refractivity contribution in [3.8, 4) is 0 Å². The smallest absolute Gasteiger partial charge is 0.119 e. The lowest BCUT2D eigenvalue weighted by atomic mass is 9.98. The van der Waals surface area contributed by atoms with Gasteiger partial charge in [0.1, 0.15) is 11.6 Å². The lowest BCUT2D eigenvalue weighted by Crippen LogP contribution is -2.30. The van der Waals surface area contributed by atoms with Gasteiger partial charge in [-0.25, -0.2) is 9.97 Å². The van der Waals surface area contributed by atoms with Gasteiger partial charge in [0.15, 0.2) is 0 Å². The van der Waals surface area contributed by atoms with E-state index < -0.39 is 0 Å². The Balaban J connectivity index is 2.15. The van der Waals surface area contributed by atoms with E-state index in [4.69, 9.17) is 4.98 Å². The molecule has 1 aliphatic heterocycles. The fraction of sp³-hybridized carbons (Fsp3) is 0.538. The molecule has 2 aromatic heterocycles. The van der Waals surface area contributed by atoms with Gasteiger partial charge in [0.25, 0.3) is 0 Å². The number of aromatic nitrogens is 3. The number of hydrogen-bond donors (Lipinski definition) is 1. The SMILES string of the molecule is Cc1cc2cnc(C)n2c([C@H]2CCCNC2)n1. The van der Waals surface area contributed by atoms with Crippen LogP contribution in [0, 0.1) is 13.8 Å². The van der Waals surface area contributed by atoms with Gasteiger partial charge >= 0.3 is 0 Å². The summed E-state index contributed by atoms with van der Waals surface area (Å²) in [4.78, 5) is 9.14. The normalized spacial score (nSPS) is 20.9. The number of aryl methyl sites for hydroxylation is 2. The van der Waals surface area contributed by atoms with E-state index in [1.807, 2.05) is 13.1 Å². The average Bonchev–Trinajstić information content (AvgIpc) is 2.71. The molecule has 0 amide bonds. The maximum Gasteiger partial charge on any atom is 0.119 e. The lowest BCUT2D eigenvalue weighted by molar-refractivity contribution is 0.442. The van der Waals surface area contributed by atoms with Crippen molar-refractivity contribution in [2.45, 2.75) is 32.6 Å². The van der Waals surface area contributed by atoms with E-state index in [1.54, 1.807) is 0 Å². The van der Waals surface area contributed by atoms with Crippen molar-refractivity contribution < 1.29 is 0 Å². The Morgan fingerprint density at radius 3 is 3.06 bits per heavy atom. The van der Waals surface area contributed by atoms with E-state index >= 15 is 0 Å². The van der Waals surface area contributed by atoms with Gasteiger partial charge in [-0.3, -0.25) is 4.40 Å². The molecular formula is C13H18N4. The lowest BCUT2D eigenvalue weighted by Gasteiger charge is -2.23. The summed E-state index contributed by atoms with van der Waals surface area (Å²) in [6, 6.07) is 2.10. The predicted octanol–water partition coefficient (Wildman–Crippen LogP) is 1.81. The van der Waals surface area contributed by atoms with Crippen molar-refractivity contribution in [1.82, 2.24) is 19.7 Å². The van der Waals surface area contributed by atoms with E-state index in [2.05, 4.69) is 27.7 Å². The molecule has 4 nitrogen and oxygen atoms in total. The summed E-state index contributed by atoms with van der Waals surface area (Å²) in [6.45, 7) is 6.27. The Morgan fingerprint density at radius 2 is 2.29 bits per heavy atom. The van der Waals surface area contributed by atoms with E-state index in [0.717, 1.165) is 30.1 Å². The highest BCUT2D eigenvalue weighted by atomic mass is 15.1. The molecule has 1 atom stereocenters. The van der Waals surface area contributed by atoms with Crippen LogP contribution in [0.3, 0.4) is 0 Å². The minimum Gasteiger partial charge on any atom is -0.316 e. The fourth-order valence-electron chi connectivity index (χ4n) is 2.68. The second kappa shape index (κ2) is 4.11. The molecular weight excluding hydrogens is 212 g/mol. The third-order valence-corrected chi connectivity index (χ3v) is 3.50. The second-order valence-corrected chi connectivity index (χ2v) is 4.86. The molecule has 0 radical (unpaired) electrons. The van der Waals surface area contributed by atoms with Gasteiger partial charge in [-0.05, 0) is 39.3 Å². The van der Waals surface area contributed by atoms with Crippen LogP contribution in [-0.2, 0) is 0 Å². The van der Waals surface area contributed by atoms with Crippen molar-refractivity contribution in [3.05, 3.63) is 29.6 Å². The molecule has 0 aromatic carbocycles. The van der Waals surface area contributed by atoms with Gasteiger partial charge in [-0.15, -0.1) is 0 Å². The molecule has 0 saturated carbocycles. The Kier molecular flexibility index (Phi) is 2.59. The first-order valence-electron chi connectivity index (χ1n) is 6.28. The Bertz CT molecular complexity index is 538. The van der Waals surface area contributed by atoms with Gasteiger partial charge in [0, 0.05) is 18.2 Å². The highest BCUT2D eigenvalue weighted by molar-refractivity contribution is 5.48. The number of nitrogens with zero attached hydrogens (tertiary/aromatic N) is 3. The number of rotatable bonds is 1. The standard InChI is InChI=1S/C13H18N4/c1-9-6-12-8-15-10(2)17(12)13(16-9)11-4-3-5-14-7-11/h6,8,11,14H,3-5,7H2,1-2H3/t11-/m0/s1. The van der Waals surface area contributed by atoms with E-state index in [0.29, 0.717) is 5.92 Å². The zero-order valence-electron chi connectivity index (χ0n) is 10.4. The quantitative estimate of drug-likeness (QED) is 0.812. The maximum atomic E-state index is 4.74. The van der Waals surface area contributed by atoms with Crippen LogP contribution in [0.4, 0.5) is 0 Å². The van der Waals surface area contributed by atoms with Gasteiger partial charge in [-0.1, -0.05) is 0 Å². The molecule has 3 heterocycles. The molecule has 1 saturated heterocycles. The summed E-state index contributed by atoms with van der Waals surface area (Å²) >= 11 is 0. The van der Waals surface area contributed by atoms with Crippen molar-refractivity contribution in [3.63, 3.8) is 0 Å². The molecule has 0 spiro atoms. The summed E-state index contributed by atoms with van der Waals surface area (Å²) in [5.74, 6) is 2.72. The molecule has 17 heavy (non-hydrogen) atoms. The maximum absolute atomic E-state index is 4.74. The predicted molar refractivity (Wildman–Crippen MR) is 67.3 cm³/mol. The highest BCUT2D eigenvalue weighted by Gasteiger charge is 2.20. The molecule has 3 rings (SSSR count). The van der Waals surface area contributed by atoms with Crippen molar-refractivity contribution in [2.75, 3.05) is 13.1 Å². The van der Waals surface area contributed by atoms with Crippen LogP contribution in [0.1, 0.15) is 36.1 Å². The largest absolute Gasteiger partial charge is 0.316 e. The first-order chi connectivity index (χ1) is 8.25. The van der Waals surface area contributed by atoms with Gasteiger partial charge in [-0.2, -0.15) is 0 Å². The number of hydrogen-bond acceptors (Lipinski definition) is 3. The molecule has 90 valence electrons. The van der Waals surface area contributed by atoms with Crippen LogP contribution in [0.25, 0.3) is 5.52 Å². The second-order valence-electron chi connectivity index (χ2n) is 4.86. The molecule has 0 aliphatic carbocycles. The summed E-state index contributed by atoms with van der Waals surface area (Å²) in [5.41, 5.74) is 2.24. The monoisotopic (exact) mass is 230 g/mol. The highest BCUT2D eigenvalue weighted by Crippen LogP contribution is 2.24. The van der Waals surface area contributed by atoms with Crippen LogP contribution in [-0.4, -0.2) is 27.5 Å². The first-order valence-corrected chi connectivity index (χ1v) is 6.28. The van der Waals surface area contributed by atoms with Crippen LogP contribution in [0.5, 0.6) is 0 Å². The van der Waals surface area contributed by atoms with Crippen LogP contribution in [0.15, 0.2) is 12.3 Å². The summed E-state index contributed by atoms with van der Waals surface area (Å²) < 4.78 is 2.20. The minimum absolute atomic E-state index is 0.513. The average molecular weight is 230 g/mol. The summed E-state index contributed by atoms with van der Waals surface area (Å²) in [7, 11) is 0. The number of fused-ring (bicyclic) bond motifs is 1. The minimum atomic E-state index is 0.513. The molecule has 0 unspecified atom stereocenters. The topological polar surface area (TPSA) is 42.2 Å². The van der Waals surface area contributed by atoms with Gasteiger partial charge in [0.05, 0.1) is 11.7 Å². The number of imidazole rings is 1. The Morgan fingerprint density at radius 1 is 1.41 bits per heavy atom. The number of piperidine rings is 1. The summed E-state index contributed by atoms with van der Waals surface area (Å²) in [6.07, 6.45) is 4.38. The molecule has 0 bridgehead atoms. The first kappa shape index (κ1) is 10.7. The van der Waals surface area contributed by atoms with Crippen LogP contribution < -0.4 is 5.32 Å². The Hall–Kier alpha value is -1.42. The van der Waals surface area contributed by atoms with E-state index in [-0.39, 0.29) is 0 Å².